The van der Waals surface area contributed by atoms with Crippen LogP contribution in [0.15, 0.2) is 18.2 Å². The molecular formula is C14H21FN2O. The maximum absolute atomic E-state index is 13.7. The second-order valence-corrected chi connectivity index (χ2v) is 4.97. The number of rotatable bonds is 6. The Morgan fingerprint density at radius 3 is 2.56 bits per heavy atom. The van der Waals surface area contributed by atoms with Crippen LogP contribution in [0.1, 0.15) is 38.3 Å². The van der Waals surface area contributed by atoms with Crippen molar-refractivity contribution < 1.29 is 9.13 Å². The van der Waals surface area contributed by atoms with Crippen molar-refractivity contribution in [2.24, 2.45) is 11.7 Å². The van der Waals surface area contributed by atoms with Crippen molar-refractivity contribution >= 4 is 5.84 Å². The highest BCUT2D eigenvalue weighted by atomic mass is 19.1. The zero-order valence-corrected chi connectivity index (χ0v) is 11.2. The van der Waals surface area contributed by atoms with Gasteiger partial charge in [0, 0.05) is 11.1 Å². The summed E-state index contributed by atoms with van der Waals surface area (Å²) in [6.45, 7) is 6.49. The van der Waals surface area contributed by atoms with Gasteiger partial charge >= 0.3 is 0 Å². The zero-order chi connectivity index (χ0) is 13.7. The van der Waals surface area contributed by atoms with Crippen molar-refractivity contribution in [3.63, 3.8) is 0 Å². The first kappa shape index (κ1) is 14.6. The molecule has 0 saturated carbocycles. The van der Waals surface area contributed by atoms with E-state index < -0.39 is 0 Å². The summed E-state index contributed by atoms with van der Waals surface area (Å²) in [4.78, 5) is 0. The average Bonchev–Trinajstić information content (AvgIpc) is 2.26. The molecule has 0 saturated heterocycles. The minimum absolute atomic E-state index is 0.108. The molecule has 1 aromatic carbocycles. The van der Waals surface area contributed by atoms with Crippen molar-refractivity contribution in [2.75, 3.05) is 0 Å². The molecule has 0 aromatic heterocycles. The Hall–Kier alpha value is -1.42. The van der Waals surface area contributed by atoms with E-state index >= 15 is 0 Å². The van der Waals surface area contributed by atoms with Crippen LogP contribution in [0.2, 0.25) is 0 Å². The van der Waals surface area contributed by atoms with Crippen LogP contribution in [0.25, 0.3) is 0 Å². The predicted molar refractivity (Wildman–Crippen MR) is 71.1 cm³/mol. The Bertz CT molecular complexity index is 418. The molecule has 1 atom stereocenters. The molecule has 0 aliphatic carbocycles. The summed E-state index contributed by atoms with van der Waals surface area (Å²) >= 11 is 0. The van der Waals surface area contributed by atoms with Crippen molar-refractivity contribution in [1.29, 1.82) is 5.41 Å². The first-order valence-corrected chi connectivity index (χ1v) is 6.14. The molecule has 0 aliphatic rings. The summed E-state index contributed by atoms with van der Waals surface area (Å²) in [7, 11) is 0. The Balaban J connectivity index is 2.60. The van der Waals surface area contributed by atoms with Gasteiger partial charge in [-0.1, -0.05) is 26.0 Å². The number of halogens is 1. The Morgan fingerprint density at radius 2 is 2.06 bits per heavy atom. The van der Waals surface area contributed by atoms with Crippen molar-refractivity contribution in [1.82, 2.24) is 0 Å². The highest BCUT2D eigenvalue weighted by Crippen LogP contribution is 2.14. The highest BCUT2D eigenvalue weighted by Gasteiger charge is 2.09. The molecular weight excluding hydrogens is 231 g/mol. The van der Waals surface area contributed by atoms with E-state index in [1.807, 2.05) is 6.92 Å². The fraction of sp³-hybridized carbons (Fsp3) is 0.500. The monoisotopic (exact) mass is 252 g/mol. The number of nitrogens with two attached hydrogens (primary N) is 1. The molecule has 0 bridgehead atoms. The molecule has 18 heavy (non-hydrogen) atoms. The van der Waals surface area contributed by atoms with E-state index in [-0.39, 0.29) is 24.4 Å². The van der Waals surface area contributed by atoms with Crippen molar-refractivity contribution in [2.45, 2.75) is 39.9 Å². The van der Waals surface area contributed by atoms with Crippen LogP contribution < -0.4 is 5.73 Å². The number of nitrogens with one attached hydrogen (secondary N) is 1. The minimum atomic E-state index is -0.376. The van der Waals surface area contributed by atoms with E-state index in [2.05, 4.69) is 13.8 Å². The molecule has 100 valence electrons. The standard InChI is InChI=1S/C14H21FN2O/c1-9(2)6-10(3)18-8-12-5-4-11(14(16)17)7-13(12)15/h4-5,7,9-10H,6,8H2,1-3H3,(H3,16,17). The number of ether oxygens (including phenoxy) is 1. The van der Waals surface area contributed by atoms with Crippen LogP contribution in [0.4, 0.5) is 4.39 Å². The van der Waals surface area contributed by atoms with Crippen LogP contribution in [-0.4, -0.2) is 11.9 Å². The topological polar surface area (TPSA) is 59.1 Å². The molecule has 0 radical (unpaired) electrons. The molecule has 1 aromatic rings. The molecule has 0 heterocycles. The average molecular weight is 252 g/mol. The predicted octanol–water partition coefficient (Wildman–Crippen LogP) is 3.06. The van der Waals surface area contributed by atoms with Gasteiger partial charge in [0.25, 0.3) is 0 Å². The summed E-state index contributed by atoms with van der Waals surface area (Å²) in [6, 6.07) is 4.53. The third-order valence-electron chi connectivity index (χ3n) is 2.69. The van der Waals surface area contributed by atoms with Crippen molar-refractivity contribution in [3.8, 4) is 0 Å². The van der Waals surface area contributed by atoms with E-state index in [4.69, 9.17) is 15.9 Å². The molecule has 0 amide bonds. The SMILES string of the molecule is CC(C)CC(C)OCc1ccc(C(=N)N)cc1F. The van der Waals surface area contributed by atoms with Crippen LogP contribution in [-0.2, 0) is 11.3 Å². The molecule has 3 N–H and O–H groups in total. The molecule has 4 heteroatoms. The second kappa shape index (κ2) is 6.50. The first-order valence-electron chi connectivity index (χ1n) is 6.14. The minimum Gasteiger partial charge on any atom is -0.384 e. The van der Waals surface area contributed by atoms with E-state index in [1.165, 1.54) is 6.07 Å². The molecule has 0 spiro atoms. The zero-order valence-electron chi connectivity index (χ0n) is 11.2. The normalized spacial score (nSPS) is 12.7. The van der Waals surface area contributed by atoms with Gasteiger partial charge in [0.2, 0.25) is 0 Å². The highest BCUT2D eigenvalue weighted by molar-refractivity contribution is 5.94. The fourth-order valence-electron chi connectivity index (χ4n) is 1.80. The van der Waals surface area contributed by atoms with Crippen LogP contribution in [0.5, 0.6) is 0 Å². The maximum Gasteiger partial charge on any atom is 0.129 e. The number of hydrogen-bond donors (Lipinski definition) is 2. The summed E-state index contributed by atoms with van der Waals surface area (Å²) in [5.74, 6) is 0.0546. The van der Waals surface area contributed by atoms with Gasteiger partial charge in [-0.15, -0.1) is 0 Å². The van der Waals surface area contributed by atoms with Gasteiger partial charge in [0.15, 0.2) is 0 Å². The van der Waals surface area contributed by atoms with Gasteiger partial charge < -0.3 is 10.5 Å². The lowest BCUT2D eigenvalue weighted by Crippen LogP contribution is -2.13. The molecule has 0 fully saturated rings. The smallest absolute Gasteiger partial charge is 0.129 e. The molecule has 3 nitrogen and oxygen atoms in total. The lowest BCUT2D eigenvalue weighted by Gasteiger charge is -2.15. The third-order valence-corrected chi connectivity index (χ3v) is 2.69. The summed E-state index contributed by atoms with van der Waals surface area (Å²) in [6.07, 6.45) is 1.06. The largest absolute Gasteiger partial charge is 0.384 e. The van der Waals surface area contributed by atoms with Gasteiger partial charge in [-0.05, 0) is 25.3 Å². The van der Waals surface area contributed by atoms with E-state index in [0.717, 1.165) is 6.42 Å². The maximum atomic E-state index is 13.7. The number of nitrogen functional groups attached to an aromatic ring is 1. The van der Waals surface area contributed by atoms with E-state index in [0.29, 0.717) is 17.0 Å². The van der Waals surface area contributed by atoms with Gasteiger partial charge in [-0.3, -0.25) is 5.41 Å². The fourth-order valence-corrected chi connectivity index (χ4v) is 1.80. The second-order valence-electron chi connectivity index (χ2n) is 4.97. The quantitative estimate of drug-likeness (QED) is 0.604. The van der Waals surface area contributed by atoms with Gasteiger partial charge in [-0.2, -0.15) is 0 Å². The summed E-state index contributed by atoms with van der Waals surface area (Å²) in [5.41, 5.74) is 6.19. The molecule has 0 aliphatic heterocycles. The van der Waals surface area contributed by atoms with Gasteiger partial charge in [-0.25, -0.2) is 4.39 Å². The van der Waals surface area contributed by atoms with Crippen LogP contribution in [0.3, 0.4) is 0 Å². The lowest BCUT2D eigenvalue weighted by molar-refractivity contribution is 0.0382. The van der Waals surface area contributed by atoms with Crippen LogP contribution in [0, 0.1) is 17.1 Å². The number of hydrogen-bond acceptors (Lipinski definition) is 2. The Morgan fingerprint density at radius 1 is 1.39 bits per heavy atom. The first-order chi connectivity index (χ1) is 8.40. The number of amidine groups is 1. The summed E-state index contributed by atoms with van der Waals surface area (Å²) < 4.78 is 19.3. The Kier molecular flexibility index (Phi) is 5.28. The lowest BCUT2D eigenvalue weighted by atomic mass is 10.1. The van der Waals surface area contributed by atoms with Crippen molar-refractivity contribution in [3.05, 3.63) is 35.1 Å². The molecule has 1 unspecified atom stereocenters. The van der Waals surface area contributed by atoms with Gasteiger partial charge in [0.05, 0.1) is 12.7 Å². The molecule has 1 rings (SSSR count). The Labute approximate surface area is 108 Å². The van der Waals surface area contributed by atoms with Gasteiger partial charge in [0.1, 0.15) is 11.7 Å². The summed E-state index contributed by atoms with van der Waals surface area (Å²) in [5, 5.41) is 7.23. The number of benzene rings is 1. The van der Waals surface area contributed by atoms with E-state index in [1.54, 1.807) is 12.1 Å². The van der Waals surface area contributed by atoms with Crippen LogP contribution >= 0.6 is 0 Å². The van der Waals surface area contributed by atoms with E-state index in [9.17, 15) is 4.39 Å². The third kappa shape index (κ3) is 4.45.